The Morgan fingerprint density at radius 2 is 2.23 bits per heavy atom. The summed E-state index contributed by atoms with van der Waals surface area (Å²) in [5.74, 6) is 0. The highest BCUT2D eigenvalue weighted by Crippen LogP contribution is 2.24. The lowest BCUT2D eigenvalue weighted by Crippen LogP contribution is -2.06. The summed E-state index contributed by atoms with van der Waals surface area (Å²) in [6, 6.07) is 5.04. The Kier molecular flexibility index (Phi) is 1.77. The number of hydrogen-bond acceptors (Lipinski definition) is 2. The number of fused-ring (bicyclic) bond motifs is 1. The minimum atomic E-state index is 0.382. The first kappa shape index (κ1) is 7.86. The minimum absolute atomic E-state index is 0.382. The quantitative estimate of drug-likeness (QED) is 0.482. The first-order chi connectivity index (χ1) is 6.31. The van der Waals surface area contributed by atoms with Crippen LogP contribution in [0.3, 0.4) is 0 Å². The van der Waals surface area contributed by atoms with E-state index in [0.717, 1.165) is 16.6 Å². The standard InChI is InChI=1S/C10H8NO2/c12-7-8-3-4-10-9(6-8)2-1-5-11(10)13/h1-4,6-7H,5H2/q+1. The average Bonchev–Trinajstić information content (AvgIpc) is 2.18. The number of nitroso groups, excluding NO2 is 1. The third-order valence-electron chi connectivity index (χ3n) is 2.03. The van der Waals surface area contributed by atoms with Crippen molar-refractivity contribution in [2.45, 2.75) is 0 Å². The van der Waals surface area contributed by atoms with Crippen LogP contribution in [-0.4, -0.2) is 17.6 Å². The lowest BCUT2D eigenvalue weighted by atomic mass is 10.1. The maximum atomic E-state index is 11.3. The Balaban J connectivity index is 2.59. The molecule has 3 heteroatoms. The second kappa shape index (κ2) is 2.94. The highest BCUT2D eigenvalue weighted by molar-refractivity contribution is 5.78. The molecule has 13 heavy (non-hydrogen) atoms. The topological polar surface area (TPSA) is 37.1 Å². The van der Waals surface area contributed by atoms with E-state index in [1.165, 1.54) is 0 Å². The van der Waals surface area contributed by atoms with Crippen LogP contribution in [-0.2, 0) is 0 Å². The molecule has 1 aliphatic rings. The molecule has 2 rings (SSSR count). The van der Waals surface area contributed by atoms with Gasteiger partial charge in [0.05, 0.1) is 5.56 Å². The minimum Gasteiger partial charge on any atom is -0.298 e. The molecule has 0 atom stereocenters. The first-order valence-electron chi connectivity index (χ1n) is 4.02. The van der Waals surface area contributed by atoms with Crippen LogP contribution in [0.1, 0.15) is 15.9 Å². The van der Waals surface area contributed by atoms with Gasteiger partial charge in [-0.15, -0.1) is 0 Å². The molecular weight excluding hydrogens is 166 g/mol. The fourth-order valence-electron chi connectivity index (χ4n) is 1.38. The normalized spacial score (nSPS) is 14.0. The van der Waals surface area contributed by atoms with Crippen molar-refractivity contribution < 1.29 is 9.55 Å². The Hall–Kier alpha value is -1.77. The highest BCUT2D eigenvalue weighted by Gasteiger charge is 2.19. The third-order valence-corrected chi connectivity index (χ3v) is 2.03. The van der Waals surface area contributed by atoms with Gasteiger partial charge in [0.15, 0.2) is 0 Å². The molecule has 1 heterocycles. The Morgan fingerprint density at radius 3 is 3.00 bits per heavy atom. The van der Waals surface area contributed by atoms with Crippen molar-refractivity contribution in [3.8, 4) is 0 Å². The molecule has 0 radical (unpaired) electrons. The molecule has 0 aliphatic carbocycles. The van der Waals surface area contributed by atoms with Gasteiger partial charge in [-0.3, -0.25) is 4.79 Å². The highest BCUT2D eigenvalue weighted by atomic mass is 16.3. The molecule has 0 unspecified atom stereocenters. The van der Waals surface area contributed by atoms with Crippen molar-refractivity contribution in [3.63, 3.8) is 0 Å². The summed E-state index contributed by atoms with van der Waals surface area (Å²) in [4.78, 5) is 21.7. The Morgan fingerprint density at radius 1 is 1.38 bits per heavy atom. The van der Waals surface area contributed by atoms with Crippen LogP contribution >= 0.6 is 0 Å². The zero-order chi connectivity index (χ0) is 9.26. The molecule has 0 fully saturated rings. The predicted octanol–water partition coefficient (Wildman–Crippen LogP) is 1.94. The molecule has 0 bridgehead atoms. The maximum absolute atomic E-state index is 11.3. The number of rotatable bonds is 1. The van der Waals surface area contributed by atoms with E-state index >= 15 is 0 Å². The van der Waals surface area contributed by atoms with E-state index in [9.17, 15) is 9.70 Å². The van der Waals surface area contributed by atoms with Crippen molar-refractivity contribution in [2.75, 3.05) is 6.54 Å². The summed E-state index contributed by atoms with van der Waals surface area (Å²) in [7, 11) is 0. The fraction of sp³-hybridized carbons (Fsp3) is 0.100. The Labute approximate surface area is 75.3 Å². The van der Waals surface area contributed by atoms with Crippen LogP contribution < -0.4 is 0 Å². The van der Waals surface area contributed by atoms with Gasteiger partial charge in [0, 0.05) is 21.3 Å². The molecule has 1 aromatic rings. The van der Waals surface area contributed by atoms with E-state index in [1.807, 2.05) is 6.08 Å². The predicted molar refractivity (Wildman–Crippen MR) is 49.0 cm³/mol. The van der Waals surface area contributed by atoms with Crippen LogP contribution in [0.25, 0.3) is 6.08 Å². The van der Waals surface area contributed by atoms with E-state index in [-0.39, 0.29) is 0 Å². The SMILES string of the molecule is O=Cc1ccc2c(c1)C=CC[N+]2=O. The zero-order valence-corrected chi connectivity index (χ0v) is 6.93. The van der Waals surface area contributed by atoms with Crippen LogP contribution in [0.5, 0.6) is 0 Å². The van der Waals surface area contributed by atoms with Gasteiger partial charge < -0.3 is 0 Å². The lowest BCUT2D eigenvalue weighted by molar-refractivity contribution is -0.452. The van der Waals surface area contributed by atoms with E-state index in [2.05, 4.69) is 0 Å². The van der Waals surface area contributed by atoms with Crippen LogP contribution in [0.4, 0.5) is 5.69 Å². The summed E-state index contributed by atoms with van der Waals surface area (Å²) in [5.41, 5.74) is 2.04. The van der Waals surface area contributed by atoms with Gasteiger partial charge in [-0.05, 0) is 24.3 Å². The molecule has 1 aliphatic heterocycles. The van der Waals surface area contributed by atoms with Gasteiger partial charge in [0.25, 0.3) is 5.69 Å². The van der Waals surface area contributed by atoms with E-state index < -0.39 is 0 Å². The van der Waals surface area contributed by atoms with E-state index in [1.54, 1.807) is 24.3 Å². The fourth-order valence-corrected chi connectivity index (χ4v) is 1.38. The first-order valence-corrected chi connectivity index (χ1v) is 4.02. The molecule has 1 aromatic carbocycles. The monoisotopic (exact) mass is 174 g/mol. The van der Waals surface area contributed by atoms with Crippen molar-refractivity contribution in [1.29, 1.82) is 0 Å². The van der Waals surface area contributed by atoms with Gasteiger partial charge >= 0.3 is 0 Å². The second-order valence-electron chi connectivity index (χ2n) is 2.90. The number of nitrogens with zero attached hydrogens (tertiary/aromatic N) is 1. The molecule has 3 nitrogen and oxygen atoms in total. The number of carbonyl (C=O) groups is 1. The van der Waals surface area contributed by atoms with Gasteiger partial charge in [-0.25, -0.2) is 0 Å². The number of carbonyl (C=O) groups excluding carboxylic acids is 1. The van der Waals surface area contributed by atoms with Crippen LogP contribution in [0.2, 0.25) is 0 Å². The molecule has 0 aromatic heterocycles. The molecule has 0 saturated heterocycles. The molecule has 0 N–H and O–H groups in total. The zero-order valence-electron chi connectivity index (χ0n) is 6.93. The smallest absolute Gasteiger partial charge is 0.263 e. The number of aldehydes is 1. The van der Waals surface area contributed by atoms with Crippen molar-refractivity contribution in [1.82, 2.24) is 0 Å². The summed E-state index contributed by atoms with van der Waals surface area (Å²) in [5, 5.41) is 0. The molecule has 0 amide bonds. The summed E-state index contributed by atoms with van der Waals surface area (Å²) < 4.78 is 0.907. The molecule has 64 valence electrons. The van der Waals surface area contributed by atoms with Crippen molar-refractivity contribution >= 4 is 18.0 Å². The summed E-state index contributed by atoms with van der Waals surface area (Å²) in [6.07, 6.45) is 4.42. The molecular formula is C10H8NO2+. The maximum Gasteiger partial charge on any atom is 0.263 e. The van der Waals surface area contributed by atoms with Gasteiger partial charge in [0.1, 0.15) is 6.29 Å². The largest absolute Gasteiger partial charge is 0.298 e. The van der Waals surface area contributed by atoms with E-state index in [0.29, 0.717) is 17.8 Å². The number of benzene rings is 1. The van der Waals surface area contributed by atoms with Crippen LogP contribution in [0.15, 0.2) is 24.3 Å². The van der Waals surface area contributed by atoms with E-state index in [4.69, 9.17) is 0 Å². The number of hydrogen-bond donors (Lipinski definition) is 0. The second-order valence-corrected chi connectivity index (χ2v) is 2.90. The third kappa shape index (κ3) is 1.28. The van der Waals surface area contributed by atoms with Gasteiger partial charge in [-0.2, -0.15) is 0 Å². The van der Waals surface area contributed by atoms with Crippen molar-refractivity contribution in [2.24, 2.45) is 0 Å². The summed E-state index contributed by atoms with van der Waals surface area (Å²) in [6.45, 7) is 0.382. The van der Waals surface area contributed by atoms with Crippen LogP contribution in [0, 0.1) is 4.91 Å². The Bertz CT molecular complexity index is 407. The summed E-state index contributed by atoms with van der Waals surface area (Å²) >= 11 is 0. The van der Waals surface area contributed by atoms with Gasteiger partial charge in [-0.1, -0.05) is 0 Å². The van der Waals surface area contributed by atoms with Crippen molar-refractivity contribution in [3.05, 3.63) is 40.3 Å². The van der Waals surface area contributed by atoms with Gasteiger partial charge in [0.2, 0.25) is 6.54 Å². The lowest BCUT2D eigenvalue weighted by Gasteiger charge is -2.01. The molecule has 0 saturated carbocycles. The molecule has 0 spiro atoms. The average molecular weight is 174 g/mol.